The van der Waals surface area contributed by atoms with Crippen LogP contribution in [0.1, 0.15) is 33.4 Å². The normalized spacial score (nSPS) is 24.9. The van der Waals surface area contributed by atoms with Crippen molar-refractivity contribution in [2.45, 2.75) is 101 Å². The highest BCUT2D eigenvalue weighted by Gasteiger charge is 2.52. The van der Waals surface area contributed by atoms with Crippen LogP contribution >= 0.6 is 0 Å². The molecule has 2 heterocycles. The summed E-state index contributed by atoms with van der Waals surface area (Å²) in [4.78, 5) is 0. The molecular weight excluding hydrogens is 861 g/mol. The smallest absolute Gasteiger partial charge is 0.187 e. The van der Waals surface area contributed by atoms with Crippen LogP contribution in [0.4, 0.5) is 0 Å². The molecule has 0 radical (unpaired) electrons. The standard InChI is InChI=1S/C57H62O11/c1-2-33-59-56-54(64-39-46-29-17-7-18-30-46)53(63-38-45-27-15-6-16-28-45)51(61-36-43-23-11-4-12-24-43)49(68-56)41-66-57-55(65-40-47-31-19-8-20-32-47)52(62-37-44-25-13-5-14-26-44)50(48(34-58)67-57)60-35-42-21-9-3-10-22-42/h2-32,48-58H,1,33-41H2/t48-,49-,50-,51-,52+,53+,54-,55-,56-,57+/m1/s1. The van der Waals surface area contributed by atoms with Gasteiger partial charge >= 0.3 is 0 Å². The molecule has 2 aliphatic rings. The zero-order valence-corrected chi connectivity index (χ0v) is 38.3. The van der Waals surface area contributed by atoms with Crippen LogP contribution in [0, 0.1) is 0 Å². The van der Waals surface area contributed by atoms with Crippen molar-refractivity contribution in [1.82, 2.24) is 0 Å². The van der Waals surface area contributed by atoms with Gasteiger partial charge < -0.3 is 52.5 Å². The van der Waals surface area contributed by atoms with Crippen LogP contribution in [0.25, 0.3) is 0 Å². The van der Waals surface area contributed by atoms with Crippen molar-refractivity contribution < 1.29 is 52.5 Å². The van der Waals surface area contributed by atoms with Gasteiger partial charge in [0.1, 0.15) is 48.8 Å². The van der Waals surface area contributed by atoms with E-state index in [1.165, 1.54) is 0 Å². The van der Waals surface area contributed by atoms with Crippen molar-refractivity contribution in [3.63, 3.8) is 0 Å². The summed E-state index contributed by atoms with van der Waals surface area (Å²) < 4.78 is 67.7. The summed E-state index contributed by atoms with van der Waals surface area (Å²) in [5.41, 5.74) is 5.81. The number of rotatable bonds is 25. The van der Waals surface area contributed by atoms with E-state index in [9.17, 15) is 5.11 Å². The van der Waals surface area contributed by atoms with Crippen LogP contribution in [0.2, 0.25) is 0 Å². The van der Waals surface area contributed by atoms with Gasteiger partial charge in [-0.25, -0.2) is 0 Å². The maximum absolute atomic E-state index is 11.0. The van der Waals surface area contributed by atoms with Crippen LogP contribution in [0.3, 0.4) is 0 Å². The highest BCUT2D eigenvalue weighted by Crippen LogP contribution is 2.35. The number of aliphatic hydroxyl groups excluding tert-OH is 1. The molecule has 0 aliphatic carbocycles. The van der Waals surface area contributed by atoms with Gasteiger partial charge in [-0.2, -0.15) is 0 Å². The Morgan fingerprint density at radius 3 is 0.956 bits per heavy atom. The fourth-order valence-electron chi connectivity index (χ4n) is 8.39. The van der Waals surface area contributed by atoms with E-state index in [0.29, 0.717) is 0 Å². The molecule has 2 fully saturated rings. The lowest BCUT2D eigenvalue weighted by molar-refractivity contribution is -0.351. The summed E-state index contributed by atoms with van der Waals surface area (Å²) in [6.07, 6.45) is -6.45. The summed E-state index contributed by atoms with van der Waals surface area (Å²) in [7, 11) is 0. The minimum atomic E-state index is -1.06. The molecule has 11 heteroatoms. The minimum Gasteiger partial charge on any atom is -0.394 e. The van der Waals surface area contributed by atoms with Crippen LogP contribution in [-0.2, 0) is 87.0 Å². The molecule has 6 aromatic rings. The molecular formula is C57H62O11. The summed E-state index contributed by atoms with van der Waals surface area (Å²) in [6.45, 7) is 5.22. The Balaban J connectivity index is 1.12. The molecule has 0 aromatic heterocycles. The number of hydrogen-bond donors (Lipinski definition) is 1. The zero-order valence-electron chi connectivity index (χ0n) is 38.3. The fourth-order valence-corrected chi connectivity index (χ4v) is 8.39. The molecule has 0 unspecified atom stereocenters. The van der Waals surface area contributed by atoms with E-state index in [4.69, 9.17) is 47.4 Å². The monoisotopic (exact) mass is 922 g/mol. The van der Waals surface area contributed by atoms with Crippen molar-refractivity contribution in [3.8, 4) is 0 Å². The Morgan fingerprint density at radius 1 is 0.353 bits per heavy atom. The minimum absolute atomic E-state index is 0.0566. The first-order valence-corrected chi connectivity index (χ1v) is 23.3. The fraction of sp³-hybridized carbons (Fsp3) is 0.333. The van der Waals surface area contributed by atoms with Gasteiger partial charge in [0.2, 0.25) is 0 Å². The van der Waals surface area contributed by atoms with E-state index < -0.39 is 61.4 Å². The van der Waals surface area contributed by atoms with Gasteiger partial charge in [-0.05, 0) is 33.4 Å². The first-order valence-electron chi connectivity index (χ1n) is 23.3. The lowest BCUT2D eigenvalue weighted by Gasteiger charge is -2.48. The van der Waals surface area contributed by atoms with Gasteiger partial charge in [-0.3, -0.25) is 0 Å². The van der Waals surface area contributed by atoms with Gasteiger partial charge in [0.15, 0.2) is 12.6 Å². The molecule has 0 saturated carbocycles. The average Bonchev–Trinajstić information content (AvgIpc) is 3.40. The third kappa shape index (κ3) is 14.1. The Bertz CT molecular complexity index is 2290. The highest BCUT2D eigenvalue weighted by molar-refractivity contribution is 5.18. The molecule has 10 atom stereocenters. The van der Waals surface area contributed by atoms with Gasteiger partial charge in [0.05, 0.1) is 59.5 Å². The number of benzene rings is 6. The highest BCUT2D eigenvalue weighted by atomic mass is 16.7. The Morgan fingerprint density at radius 2 is 0.632 bits per heavy atom. The third-order valence-corrected chi connectivity index (χ3v) is 11.9. The van der Waals surface area contributed by atoms with Crippen molar-refractivity contribution in [1.29, 1.82) is 0 Å². The largest absolute Gasteiger partial charge is 0.394 e. The topological polar surface area (TPSA) is 113 Å². The summed E-state index contributed by atoms with van der Waals surface area (Å²) in [6, 6.07) is 59.6. The molecule has 6 aromatic carbocycles. The van der Waals surface area contributed by atoms with Crippen molar-refractivity contribution in [2.24, 2.45) is 0 Å². The Labute approximate surface area is 400 Å². The predicted octanol–water partition coefficient (Wildman–Crippen LogP) is 9.16. The molecule has 1 N–H and O–H groups in total. The molecule has 356 valence electrons. The lowest BCUT2D eigenvalue weighted by atomic mass is 9.97. The third-order valence-electron chi connectivity index (χ3n) is 11.9. The molecule has 0 bridgehead atoms. The first-order chi connectivity index (χ1) is 33.6. The molecule has 2 aliphatic heterocycles. The van der Waals surface area contributed by atoms with E-state index in [0.717, 1.165) is 33.4 Å². The lowest BCUT2D eigenvalue weighted by Crippen LogP contribution is -2.64. The van der Waals surface area contributed by atoms with Gasteiger partial charge in [0.25, 0.3) is 0 Å². The van der Waals surface area contributed by atoms with Crippen LogP contribution in [0.5, 0.6) is 0 Å². The van der Waals surface area contributed by atoms with Crippen LogP contribution < -0.4 is 0 Å². The van der Waals surface area contributed by atoms with E-state index in [1.807, 2.05) is 182 Å². The predicted molar refractivity (Wildman–Crippen MR) is 257 cm³/mol. The first kappa shape index (κ1) is 49.1. The molecule has 8 rings (SSSR count). The second kappa shape index (κ2) is 26.4. The average molecular weight is 923 g/mol. The van der Waals surface area contributed by atoms with Crippen LogP contribution in [0.15, 0.2) is 195 Å². The maximum atomic E-state index is 11.0. The second-order valence-corrected chi connectivity index (χ2v) is 16.8. The Hall–Kier alpha value is -5.38. The van der Waals surface area contributed by atoms with E-state index >= 15 is 0 Å². The van der Waals surface area contributed by atoms with Crippen LogP contribution in [-0.4, -0.2) is 86.3 Å². The summed E-state index contributed by atoms with van der Waals surface area (Å²) in [5.74, 6) is 0. The van der Waals surface area contributed by atoms with Gasteiger partial charge in [0, 0.05) is 0 Å². The van der Waals surface area contributed by atoms with E-state index in [-0.39, 0.29) is 59.5 Å². The SMILES string of the molecule is C=CCO[C@@H]1O[C@H](CO[C@H]2O[C@H](CO)[C@@H](OCc3ccccc3)[C@H](OCc3ccccc3)[C@H]2OCc2ccccc2)[C@@H](OCc2ccccc2)[C@H](OCc2ccccc2)[C@H]1OCc1ccccc1. The molecule has 0 amide bonds. The molecule has 2 saturated heterocycles. The van der Waals surface area contributed by atoms with Crippen molar-refractivity contribution in [2.75, 3.05) is 19.8 Å². The quantitative estimate of drug-likeness (QED) is 0.0555. The van der Waals surface area contributed by atoms with Crippen molar-refractivity contribution in [3.05, 3.63) is 228 Å². The maximum Gasteiger partial charge on any atom is 0.187 e. The van der Waals surface area contributed by atoms with Gasteiger partial charge in [-0.15, -0.1) is 6.58 Å². The Kier molecular flexibility index (Phi) is 19.0. The molecule has 68 heavy (non-hydrogen) atoms. The molecule has 11 nitrogen and oxygen atoms in total. The number of hydrogen-bond acceptors (Lipinski definition) is 11. The summed E-state index contributed by atoms with van der Waals surface area (Å²) >= 11 is 0. The molecule has 0 spiro atoms. The zero-order chi connectivity index (χ0) is 46.6. The van der Waals surface area contributed by atoms with Gasteiger partial charge in [-0.1, -0.05) is 188 Å². The van der Waals surface area contributed by atoms with E-state index in [1.54, 1.807) is 6.08 Å². The second-order valence-electron chi connectivity index (χ2n) is 16.8. The number of aliphatic hydroxyl groups is 1. The summed E-state index contributed by atoms with van der Waals surface area (Å²) in [5, 5.41) is 11.0. The number of ether oxygens (including phenoxy) is 10. The van der Waals surface area contributed by atoms with E-state index in [2.05, 4.69) is 6.58 Å². The van der Waals surface area contributed by atoms with Crippen molar-refractivity contribution >= 4 is 0 Å².